The van der Waals surface area contributed by atoms with E-state index in [-0.39, 0.29) is 5.75 Å². The summed E-state index contributed by atoms with van der Waals surface area (Å²) >= 11 is 4.95. The van der Waals surface area contributed by atoms with E-state index in [0.29, 0.717) is 17.3 Å². The van der Waals surface area contributed by atoms with Crippen LogP contribution in [0.2, 0.25) is 0 Å². The second kappa shape index (κ2) is 4.31. The minimum absolute atomic E-state index is 0.100. The number of nitrogens with one attached hydrogen (secondary N) is 1. The highest BCUT2D eigenvalue weighted by molar-refractivity contribution is 7.90. The van der Waals surface area contributed by atoms with Gasteiger partial charge in [-0.1, -0.05) is 0 Å². The first-order valence-corrected chi connectivity index (χ1v) is 6.78. The van der Waals surface area contributed by atoms with Crippen molar-refractivity contribution in [1.82, 2.24) is 14.8 Å². The lowest BCUT2D eigenvalue weighted by Gasteiger charge is -2.16. The van der Waals surface area contributed by atoms with E-state index < -0.39 is 9.84 Å². The molecule has 0 fully saturated rings. The molecule has 8 heteroatoms. The van der Waals surface area contributed by atoms with Crippen molar-refractivity contribution in [3.63, 3.8) is 0 Å². The van der Waals surface area contributed by atoms with Crippen molar-refractivity contribution in [3.8, 4) is 0 Å². The monoisotopic (exact) mass is 250 g/mol. The van der Waals surface area contributed by atoms with Crippen molar-refractivity contribution in [2.45, 2.75) is 0 Å². The van der Waals surface area contributed by atoms with Crippen molar-refractivity contribution >= 4 is 28.0 Å². The van der Waals surface area contributed by atoms with Gasteiger partial charge in [-0.25, -0.2) is 13.5 Å². The van der Waals surface area contributed by atoms with Gasteiger partial charge in [-0.3, -0.25) is 4.57 Å². The summed E-state index contributed by atoms with van der Waals surface area (Å²) in [6, 6.07) is 0. The number of anilines is 1. The van der Waals surface area contributed by atoms with Crippen molar-refractivity contribution in [3.05, 3.63) is 4.77 Å². The molecule has 0 unspecified atom stereocenters. The number of H-pyrrole nitrogens is 1. The van der Waals surface area contributed by atoms with Crippen LogP contribution in [0.3, 0.4) is 0 Å². The Morgan fingerprint density at radius 2 is 2.20 bits per heavy atom. The van der Waals surface area contributed by atoms with Gasteiger partial charge in [-0.15, -0.1) is 5.10 Å². The molecule has 0 saturated heterocycles. The molecule has 0 aliphatic heterocycles. The fraction of sp³-hybridized carbons (Fsp3) is 0.714. The maximum absolute atomic E-state index is 11.0. The summed E-state index contributed by atoms with van der Waals surface area (Å²) in [5, 5.41) is 6.63. The summed E-state index contributed by atoms with van der Waals surface area (Å²) in [6.07, 6.45) is 1.21. The van der Waals surface area contributed by atoms with Crippen molar-refractivity contribution < 1.29 is 8.42 Å². The smallest absolute Gasteiger partial charge is 0.225 e. The Hall–Kier alpha value is -0.890. The molecule has 0 bridgehead atoms. The van der Waals surface area contributed by atoms with E-state index in [1.165, 1.54) is 6.26 Å². The molecule has 0 spiro atoms. The van der Waals surface area contributed by atoms with Crippen LogP contribution in [0.5, 0.6) is 0 Å². The van der Waals surface area contributed by atoms with Gasteiger partial charge in [0.25, 0.3) is 0 Å². The van der Waals surface area contributed by atoms with Gasteiger partial charge in [0.2, 0.25) is 5.95 Å². The van der Waals surface area contributed by atoms with Crippen LogP contribution in [-0.4, -0.2) is 48.8 Å². The van der Waals surface area contributed by atoms with Gasteiger partial charge in [0, 0.05) is 26.9 Å². The van der Waals surface area contributed by atoms with Crippen LogP contribution in [0, 0.1) is 4.77 Å². The Bertz CT molecular complexity index is 487. The molecule has 1 aromatic rings. The Kier molecular flexibility index (Phi) is 3.50. The predicted octanol–water partition coefficient (Wildman–Crippen LogP) is -0.0415. The second-order valence-electron chi connectivity index (χ2n) is 3.44. The minimum atomic E-state index is -2.95. The number of hydrogen-bond donors (Lipinski definition) is 1. The molecule has 0 aliphatic carbocycles. The Morgan fingerprint density at radius 3 is 2.60 bits per heavy atom. The van der Waals surface area contributed by atoms with Crippen LogP contribution in [0.25, 0.3) is 0 Å². The Morgan fingerprint density at radius 1 is 1.60 bits per heavy atom. The number of nitrogens with zero attached hydrogens (tertiary/aromatic N) is 3. The number of hydrogen-bond acceptors (Lipinski definition) is 5. The molecule has 0 aliphatic rings. The third-order valence-electron chi connectivity index (χ3n) is 2.00. The number of aromatic amines is 1. The average molecular weight is 250 g/mol. The van der Waals surface area contributed by atoms with E-state index in [4.69, 9.17) is 12.2 Å². The summed E-state index contributed by atoms with van der Waals surface area (Å²) < 4.78 is 24.2. The molecule has 1 aromatic heterocycles. The number of rotatable bonds is 4. The standard InChI is InChI=1S/C7H14N4O2S2/c1-10(4-5-15(3,12)13)6-8-9-7(14)11(6)2/h4-5H2,1-3H3,(H,9,14). The minimum Gasteiger partial charge on any atom is -0.343 e. The normalized spacial score (nSPS) is 11.7. The van der Waals surface area contributed by atoms with Crippen LogP contribution in [0.1, 0.15) is 0 Å². The molecule has 1 N–H and O–H groups in total. The third kappa shape index (κ3) is 3.31. The van der Waals surface area contributed by atoms with E-state index in [9.17, 15) is 8.42 Å². The maximum Gasteiger partial charge on any atom is 0.225 e. The zero-order valence-corrected chi connectivity index (χ0v) is 10.5. The molecule has 6 nitrogen and oxygen atoms in total. The lowest BCUT2D eigenvalue weighted by molar-refractivity contribution is 0.600. The molecule has 0 aromatic carbocycles. The molecule has 0 saturated carbocycles. The summed E-state index contributed by atoms with van der Waals surface area (Å²) in [5.74, 6) is 0.729. The highest BCUT2D eigenvalue weighted by atomic mass is 32.2. The molecular formula is C7H14N4O2S2. The average Bonchev–Trinajstić information content (AvgIpc) is 2.43. The van der Waals surface area contributed by atoms with E-state index in [0.717, 1.165) is 0 Å². The SMILES string of the molecule is CN(CCS(C)(=O)=O)c1n[nH]c(=S)n1C. The molecule has 86 valence electrons. The van der Waals surface area contributed by atoms with Gasteiger partial charge < -0.3 is 4.90 Å². The fourth-order valence-corrected chi connectivity index (χ4v) is 1.82. The first kappa shape index (κ1) is 12.2. The maximum atomic E-state index is 11.0. The van der Waals surface area contributed by atoms with E-state index >= 15 is 0 Å². The van der Waals surface area contributed by atoms with Gasteiger partial charge in [-0.2, -0.15) is 0 Å². The van der Waals surface area contributed by atoms with Gasteiger partial charge >= 0.3 is 0 Å². The lowest BCUT2D eigenvalue weighted by Crippen LogP contribution is -2.27. The van der Waals surface area contributed by atoms with Crippen LogP contribution in [0.4, 0.5) is 5.95 Å². The third-order valence-corrected chi connectivity index (χ3v) is 3.28. The van der Waals surface area contributed by atoms with Crippen LogP contribution in [0.15, 0.2) is 0 Å². The van der Waals surface area contributed by atoms with Gasteiger partial charge in [-0.05, 0) is 12.2 Å². The van der Waals surface area contributed by atoms with Crippen molar-refractivity contribution in [2.75, 3.05) is 30.5 Å². The van der Waals surface area contributed by atoms with Crippen molar-refractivity contribution in [2.24, 2.45) is 7.05 Å². The highest BCUT2D eigenvalue weighted by Crippen LogP contribution is 2.06. The molecule has 1 heterocycles. The molecule has 1 rings (SSSR count). The highest BCUT2D eigenvalue weighted by Gasteiger charge is 2.10. The topological polar surface area (TPSA) is 71.0 Å². The second-order valence-corrected chi connectivity index (χ2v) is 6.09. The van der Waals surface area contributed by atoms with Crippen LogP contribution in [-0.2, 0) is 16.9 Å². The van der Waals surface area contributed by atoms with Gasteiger partial charge in [0.15, 0.2) is 4.77 Å². The van der Waals surface area contributed by atoms with E-state index in [2.05, 4.69) is 10.2 Å². The summed E-state index contributed by atoms with van der Waals surface area (Å²) in [5.41, 5.74) is 0. The summed E-state index contributed by atoms with van der Waals surface area (Å²) in [6.45, 7) is 0.395. The van der Waals surface area contributed by atoms with E-state index in [1.54, 1.807) is 23.6 Å². The molecular weight excluding hydrogens is 236 g/mol. The quantitative estimate of drug-likeness (QED) is 0.759. The molecule has 0 amide bonds. The zero-order valence-electron chi connectivity index (χ0n) is 8.89. The fourth-order valence-electron chi connectivity index (χ4n) is 1.08. The van der Waals surface area contributed by atoms with Gasteiger partial charge in [0.05, 0.1) is 5.75 Å². The lowest BCUT2D eigenvalue weighted by atomic mass is 10.6. The number of sulfone groups is 1. The van der Waals surface area contributed by atoms with Crippen LogP contribution < -0.4 is 4.90 Å². The predicted molar refractivity (Wildman–Crippen MR) is 61.4 cm³/mol. The zero-order chi connectivity index (χ0) is 11.6. The molecule has 0 radical (unpaired) electrons. The summed E-state index contributed by atoms with van der Waals surface area (Å²) in [4.78, 5) is 1.74. The first-order chi connectivity index (χ1) is 6.81. The van der Waals surface area contributed by atoms with Crippen molar-refractivity contribution in [1.29, 1.82) is 0 Å². The number of aromatic nitrogens is 3. The largest absolute Gasteiger partial charge is 0.343 e. The van der Waals surface area contributed by atoms with E-state index in [1.807, 2.05) is 0 Å². The Balaban J connectivity index is 2.74. The summed E-state index contributed by atoms with van der Waals surface area (Å²) in [7, 11) is 0.602. The first-order valence-electron chi connectivity index (χ1n) is 4.31. The molecule has 0 atom stereocenters. The molecule has 15 heavy (non-hydrogen) atoms. The Labute approximate surface area is 93.8 Å². The van der Waals surface area contributed by atoms with Gasteiger partial charge in [0.1, 0.15) is 9.84 Å². The van der Waals surface area contributed by atoms with Crippen LogP contribution >= 0.6 is 12.2 Å².